The fraction of sp³-hybridized carbons (Fsp3) is 0.214. The van der Waals surface area contributed by atoms with Gasteiger partial charge >= 0.3 is 0 Å². The zero-order valence-corrected chi connectivity index (χ0v) is 12.8. The highest BCUT2D eigenvalue weighted by Gasteiger charge is 2.13. The number of pyridine rings is 1. The van der Waals surface area contributed by atoms with E-state index in [9.17, 15) is 0 Å². The molecule has 0 spiro atoms. The van der Waals surface area contributed by atoms with E-state index in [1.165, 1.54) is 3.57 Å². The lowest BCUT2D eigenvalue weighted by Crippen LogP contribution is -2.28. The van der Waals surface area contributed by atoms with Gasteiger partial charge in [0, 0.05) is 9.77 Å². The van der Waals surface area contributed by atoms with E-state index in [1.54, 1.807) is 12.4 Å². The molecule has 3 N–H and O–H groups in total. The summed E-state index contributed by atoms with van der Waals surface area (Å²) in [5, 5.41) is 0. The lowest BCUT2D eigenvalue weighted by molar-refractivity contribution is 0.338. The van der Waals surface area contributed by atoms with Crippen molar-refractivity contribution >= 4 is 22.6 Å². The quantitative estimate of drug-likeness (QED) is 0.483. The Labute approximate surface area is 126 Å². The summed E-state index contributed by atoms with van der Waals surface area (Å²) in [7, 11) is 0. The van der Waals surface area contributed by atoms with Crippen molar-refractivity contribution < 1.29 is 4.74 Å². The van der Waals surface area contributed by atoms with Crippen LogP contribution in [-0.2, 0) is 0 Å². The molecule has 0 saturated carbocycles. The van der Waals surface area contributed by atoms with Gasteiger partial charge in [-0.1, -0.05) is 12.1 Å². The molecule has 100 valence electrons. The van der Waals surface area contributed by atoms with Crippen molar-refractivity contribution in [2.24, 2.45) is 5.84 Å². The molecule has 0 aliphatic rings. The summed E-state index contributed by atoms with van der Waals surface area (Å²) in [6.07, 6.45) is 3.50. The van der Waals surface area contributed by atoms with Crippen LogP contribution >= 0.6 is 22.6 Å². The third-order valence-corrected chi connectivity index (χ3v) is 3.47. The molecule has 1 heterocycles. The van der Waals surface area contributed by atoms with Crippen LogP contribution in [0.2, 0.25) is 0 Å². The molecule has 4 nitrogen and oxygen atoms in total. The van der Waals surface area contributed by atoms with Gasteiger partial charge in [-0.25, -0.2) is 5.43 Å². The fourth-order valence-corrected chi connectivity index (χ4v) is 2.24. The van der Waals surface area contributed by atoms with E-state index in [-0.39, 0.29) is 6.04 Å². The molecule has 0 bridgehead atoms. The summed E-state index contributed by atoms with van der Waals surface area (Å²) in [6.45, 7) is 2.57. The Kier molecular flexibility index (Phi) is 5.12. The van der Waals surface area contributed by atoms with Crippen LogP contribution in [0.1, 0.15) is 24.1 Å². The van der Waals surface area contributed by atoms with Gasteiger partial charge in [0.25, 0.3) is 0 Å². The summed E-state index contributed by atoms with van der Waals surface area (Å²) in [4.78, 5) is 4.19. The van der Waals surface area contributed by atoms with Crippen LogP contribution in [0.4, 0.5) is 0 Å². The topological polar surface area (TPSA) is 60.2 Å². The summed E-state index contributed by atoms with van der Waals surface area (Å²) in [5.41, 5.74) is 4.90. The van der Waals surface area contributed by atoms with Gasteiger partial charge in [0.1, 0.15) is 5.75 Å². The Bertz CT molecular complexity index is 530. The molecule has 0 amide bonds. The Balaban J connectivity index is 2.30. The van der Waals surface area contributed by atoms with Crippen molar-refractivity contribution in [1.82, 2.24) is 10.4 Å². The zero-order valence-electron chi connectivity index (χ0n) is 10.6. The molecule has 1 unspecified atom stereocenters. The minimum absolute atomic E-state index is 0.0927. The number of benzene rings is 1. The van der Waals surface area contributed by atoms with Crippen LogP contribution in [0, 0.1) is 3.57 Å². The second-order valence-electron chi connectivity index (χ2n) is 4.04. The largest absolute Gasteiger partial charge is 0.492 e. The van der Waals surface area contributed by atoms with Crippen molar-refractivity contribution in [1.29, 1.82) is 0 Å². The number of nitrogens with one attached hydrogen (secondary N) is 1. The average molecular weight is 369 g/mol. The Morgan fingerprint density at radius 3 is 2.63 bits per heavy atom. The predicted octanol–water partition coefficient (Wildman–Crippen LogP) is 2.64. The fourth-order valence-electron chi connectivity index (χ4n) is 1.88. The third kappa shape index (κ3) is 3.65. The van der Waals surface area contributed by atoms with Gasteiger partial charge in [0.05, 0.1) is 18.8 Å². The van der Waals surface area contributed by atoms with Crippen LogP contribution in [0.25, 0.3) is 0 Å². The van der Waals surface area contributed by atoms with E-state index in [0.717, 1.165) is 16.9 Å². The zero-order chi connectivity index (χ0) is 13.7. The maximum Gasteiger partial charge on any atom is 0.137 e. The van der Waals surface area contributed by atoms with Crippen molar-refractivity contribution in [3.8, 4) is 5.75 Å². The number of ether oxygens (including phenoxy) is 1. The Morgan fingerprint density at radius 2 is 2.00 bits per heavy atom. The van der Waals surface area contributed by atoms with Gasteiger partial charge in [-0.3, -0.25) is 10.8 Å². The number of aromatic nitrogens is 1. The van der Waals surface area contributed by atoms with Gasteiger partial charge in [-0.2, -0.15) is 0 Å². The molecule has 19 heavy (non-hydrogen) atoms. The van der Waals surface area contributed by atoms with Crippen molar-refractivity contribution in [3.63, 3.8) is 0 Å². The summed E-state index contributed by atoms with van der Waals surface area (Å²) in [5.74, 6) is 6.43. The number of halogens is 1. The molecular formula is C14H16IN3O. The maximum absolute atomic E-state index is 5.68. The first-order valence-corrected chi connectivity index (χ1v) is 7.11. The molecule has 0 aliphatic heterocycles. The second-order valence-corrected chi connectivity index (χ2v) is 5.28. The molecule has 1 aromatic carbocycles. The molecule has 0 fully saturated rings. The molecule has 2 rings (SSSR count). The molecule has 2 aromatic rings. The van der Waals surface area contributed by atoms with Crippen LogP contribution in [0.5, 0.6) is 5.75 Å². The van der Waals surface area contributed by atoms with Gasteiger partial charge in [-0.15, -0.1) is 0 Å². The smallest absolute Gasteiger partial charge is 0.137 e. The van der Waals surface area contributed by atoms with Gasteiger partial charge in [-0.05, 0) is 58.8 Å². The first-order valence-electron chi connectivity index (χ1n) is 6.04. The van der Waals surface area contributed by atoms with E-state index in [1.807, 2.05) is 13.0 Å². The minimum Gasteiger partial charge on any atom is -0.492 e. The van der Waals surface area contributed by atoms with E-state index in [2.05, 4.69) is 57.3 Å². The van der Waals surface area contributed by atoms with Crippen LogP contribution in [0.15, 0.2) is 42.7 Å². The highest BCUT2D eigenvalue weighted by Crippen LogP contribution is 2.24. The maximum atomic E-state index is 5.68. The average Bonchev–Trinajstić information content (AvgIpc) is 2.43. The van der Waals surface area contributed by atoms with Crippen molar-refractivity contribution in [3.05, 3.63) is 57.4 Å². The predicted molar refractivity (Wildman–Crippen MR) is 83.7 cm³/mol. The summed E-state index contributed by atoms with van der Waals surface area (Å²) in [6, 6.07) is 10.1. The molecule has 5 heteroatoms. The van der Waals surface area contributed by atoms with E-state index in [4.69, 9.17) is 10.6 Å². The van der Waals surface area contributed by atoms with Crippen molar-refractivity contribution in [2.75, 3.05) is 6.61 Å². The van der Waals surface area contributed by atoms with Crippen LogP contribution in [-0.4, -0.2) is 11.6 Å². The SMILES string of the molecule is CCOc1cncc(C(NN)c2ccc(I)cc2)c1. The first kappa shape index (κ1) is 14.2. The van der Waals surface area contributed by atoms with Crippen LogP contribution in [0.3, 0.4) is 0 Å². The number of hydrogen-bond donors (Lipinski definition) is 2. The van der Waals surface area contributed by atoms with E-state index >= 15 is 0 Å². The van der Waals surface area contributed by atoms with Gasteiger partial charge < -0.3 is 4.74 Å². The highest BCUT2D eigenvalue weighted by molar-refractivity contribution is 14.1. The molecule has 1 aromatic heterocycles. The van der Waals surface area contributed by atoms with E-state index < -0.39 is 0 Å². The molecular weight excluding hydrogens is 353 g/mol. The van der Waals surface area contributed by atoms with Gasteiger partial charge in [0.2, 0.25) is 0 Å². The number of hydrazine groups is 1. The monoisotopic (exact) mass is 369 g/mol. The second kappa shape index (κ2) is 6.83. The normalized spacial score (nSPS) is 12.2. The minimum atomic E-state index is -0.0927. The lowest BCUT2D eigenvalue weighted by Gasteiger charge is -2.17. The standard InChI is InChI=1S/C14H16IN3O/c1-2-19-13-7-11(8-17-9-13)14(18-16)10-3-5-12(15)6-4-10/h3-9,14,18H,2,16H2,1H3. The Hall–Kier alpha value is -1.18. The van der Waals surface area contributed by atoms with Crippen LogP contribution < -0.4 is 16.0 Å². The number of nitrogens with zero attached hydrogens (tertiary/aromatic N) is 1. The summed E-state index contributed by atoms with van der Waals surface area (Å²) < 4.78 is 6.66. The molecule has 0 aliphatic carbocycles. The third-order valence-electron chi connectivity index (χ3n) is 2.75. The first-order chi connectivity index (χ1) is 9.24. The number of rotatable bonds is 5. The number of hydrogen-bond acceptors (Lipinski definition) is 4. The molecule has 1 atom stereocenters. The highest BCUT2D eigenvalue weighted by atomic mass is 127. The lowest BCUT2D eigenvalue weighted by atomic mass is 10.0. The van der Waals surface area contributed by atoms with E-state index in [0.29, 0.717) is 6.61 Å². The molecule has 0 saturated heterocycles. The summed E-state index contributed by atoms with van der Waals surface area (Å²) >= 11 is 2.28. The Morgan fingerprint density at radius 1 is 1.26 bits per heavy atom. The number of nitrogens with two attached hydrogens (primary N) is 1. The van der Waals surface area contributed by atoms with Crippen molar-refractivity contribution in [2.45, 2.75) is 13.0 Å². The van der Waals surface area contributed by atoms with Gasteiger partial charge in [0.15, 0.2) is 0 Å². The molecule has 0 radical (unpaired) electrons.